The molecule has 0 saturated heterocycles. The molecule has 136 valence electrons. The van der Waals surface area contributed by atoms with E-state index in [-0.39, 0.29) is 5.56 Å². The van der Waals surface area contributed by atoms with Gasteiger partial charge in [0.05, 0.1) is 12.8 Å². The van der Waals surface area contributed by atoms with Crippen LogP contribution in [-0.2, 0) is 5.75 Å². The lowest BCUT2D eigenvalue weighted by Crippen LogP contribution is -2.15. The van der Waals surface area contributed by atoms with Gasteiger partial charge < -0.3 is 4.74 Å². The van der Waals surface area contributed by atoms with Gasteiger partial charge in [0.15, 0.2) is 0 Å². The van der Waals surface area contributed by atoms with Crippen molar-refractivity contribution in [2.24, 2.45) is 0 Å². The average Bonchev–Trinajstić information content (AvgIpc) is 3.15. The Kier molecular flexibility index (Phi) is 4.59. The van der Waals surface area contributed by atoms with E-state index in [1.165, 1.54) is 17.8 Å². The van der Waals surface area contributed by atoms with Crippen LogP contribution >= 0.6 is 11.8 Å². The Hall–Kier alpha value is -3.20. The van der Waals surface area contributed by atoms with Crippen molar-refractivity contribution < 1.29 is 4.74 Å². The van der Waals surface area contributed by atoms with Crippen molar-refractivity contribution in [1.82, 2.24) is 29.6 Å². The fourth-order valence-electron chi connectivity index (χ4n) is 2.75. The van der Waals surface area contributed by atoms with Gasteiger partial charge in [-0.05, 0) is 41.1 Å². The summed E-state index contributed by atoms with van der Waals surface area (Å²) in [7, 11) is 1.60. The molecule has 0 fully saturated rings. The van der Waals surface area contributed by atoms with E-state index in [4.69, 9.17) is 4.74 Å². The lowest BCUT2D eigenvalue weighted by Gasteiger charge is -2.09. The zero-order chi connectivity index (χ0) is 18.8. The molecule has 0 amide bonds. The zero-order valence-electron chi connectivity index (χ0n) is 14.7. The Morgan fingerprint density at radius 3 is 2.89 bits per heavy atom. The van der Waals surface area contributed by atoms with Crippen LogP contribution in [0, 0.1) is 6.92 Å². The van der Waals surface area contributed by atoms with E-state index >= 15 is 0 Å². The van der Waals surface area contributed by atoms with E-state index in [1.54, 1.807) is 22.4 Å². The summed E-state index contributed by atoms with van der Waals surface area (Å²) >= 11 is 1.40. The van der Waals surface area contributed by atoms with Crippen molar-refractivity contribution >= 4 is 17.4 Å². The maximum Gasteiger partial charge on any atom is 0.258 e. The molecular weight excluding hydrogens is 364 g/mol. The molecule has 0 unspecified atom stereocenters. The van der Waals surface area contributed by atoms with E-state index in [0.29, 0.717) is 28.0 Å². The van der Waals surface area contributed by atoms with Crippen LogP contribution in [0.15, 0.2) is 58.6 Å². The number of benzene rings is 1. The lowest BCUT2D eigenvalue weighted by molar-refractivity contribution is 0.410. The average molecular weight is 380 g/mol. The standard InChI is InChI=1S/C18H16N6O2S/c1-12-6-5-9-23-16(25)10-13(19-17(12)23)11-27-18-20-21-22-24(18)14-7-3-4-8-15(14)26-2/h3-10H,11H2,1-2H3. The van der Waals surface area contributed by atoms with Gasteiger partial charge in [-0.3, -0.25) is 9.20 Å². The van der Waals surface area contributed by atoms with Gasteiger partial charge in [0.1, 0.15) is 17.1 Å². The molecule has 9 heteroatoms. The minimum absolute atomic E-state index is 0.108. The van der Waals surface area contributed by atoms with Crippen molar-refractivity contribution in [3.05, 3.63) is 70.3 Å². The number of nitrogens with zero attached hydrogens (tertiary/aromatic N) is 6. The number of para-hydroxylation sites is 2. The van der Waals surface area contributed by atoms with E-state index in [0.717, 1.165) is 11.3 Å². The molecule has 3 aromatic heterocycles. The molecule has 0 spiro atoms. The summed E-state index contributed by atoms with van der Waals surface area (Å²) in [5, 5.41) is 12.5. The normalized spacial score (nSPS) is 11.0. The van der Waals surface area contributed by atoms with E-state index in [2.05, 4.69) is 20.5 Å². The molecule has 0 atom stereocenters. The summed E-state index contributed by atoms with van der Waals surface area (Å²) in [6.07, 6.45) is 1.72. The molecule has 4 aromatic rings. The van der Waals surface area contributed by atoms with Gasteiger partial charge in [-0.15, -0.1) is 5.10 Å². The Morgan fingerprint density at radius 2 is 2.04 bits per heavy atom. The van der Waals surface area contributed by atoms with E-state index in [1.807, 2.05) is 43.3 Å². The number of aryl methyl sites for hydroxylation is 1. The molecule has 1 aromatic carbocycles. The third kappa shape index (κ3) is 3.28. The second-order valence-corrected chi connectivity index (χ2v) is 6.75. The van der Waals surface area contributed by atoms with Crippen LogP contribution in [0.3, 0.4) is 0 Å². The highest BCUT2D eigenvalue weighted by atomic mass is 32.2. The molecule has 3 heterocycles. The number of hydrogen-bond acceptors (Lipinski definition) is 7. The Labute approximate surface area is 158 Å². The highest BCUT2D eigenvalue weighted by Crippen LogP contribution is 2.26. The summed E-state index contributed by atoms with van der Waals surface area (Å²) in [5.41, 5.74) is 2.91. The van der Waals surface area contributed by atoms with Crippen molar-refractivity contribution in [2.75, 3.05) is 7.11 Å². The number of hydrogen-bond donors (Lipinski definition) is 0. The third-order valence-electron chi connectivity index (χ3n) is 4.04. The van der Waals surface area contributed by atoms with Crippen LogP contribution in [0.5, 0.6) is 5.75 Å². The van der Waals surface area contributed by atoms with Crippen molar-refractivity contribution in [3.8, 4) is 11.4 Å². The smallest absolute Gasteiger partial charge is 0.258 e. The lowest BCUT2D eigenvalue weighted by atomic mass is 10.3. The molecule has 0 saturated carbocycles. The predicted molar refractivity (Wildman–Crippen MR) is 101 cm³/mol. The number of aromatic nitrogens is 6. The van der Waals surface area contributed by atoms with Gasteiger partial charge in [0.2, 0.25) is 5.16 Å². The minimum atomic E-state index is -0.108. The molecular formula is C18H16N6O2S. The van der Waals surface area contributed by atoms with Gasteiger partial charge in [0.25, 0.3) is 5.56 Å². The molecule has 27 heavy (non-hydrogen) atoms. The van der Waals surface area contributed by atoms with Gasteiger partial charge in [-0.1, -0.05) is 30.0 Å². The largest absolute Gasteiger partial charge is 0.494 e. The first-order valence-corrected chi connectivity index (χ1v) is 9.18. The summed E-state index contributed by atoms with van der Waals surface area (Å²) in [6, 6.07) is 12.8. The molecule has 0 aliphatic carbocycles. The predicted octanol–water partition coefficient (Wildman–Crippen LogP) is 2.28. The second kappa shape index (κ2) is 7.20. The van der Waals surface area contributed by atoms with Crippen molar-refractivity contribution in [3.63, 3.8) is 0 Å². The van der Waals surface area contributed by atoms with Gasteiger partial charge in [0, 0.05) is 18.0 Å². The maximum absolute atomic E-state index is 12.3. The Bertz CT molecular complexity index is 1170. The van der Waals surface area contributed by atoms with Crippen LogP contribution in [0.4, 0.5) is 0 Å². The molecule has 0 radical (unpaired) electrons. The fourth-order valence-corrected chi connectivity index (χ4v) is 3.52. The van der Waals surface area contributed by atoms with Crippen LogP contribution in [-0.4, -0.2) is 36.7 Å². The van der Waals surface area contributed by atoms with Crippen LogP contribution in [0.2, 0.25) is 0 Å². The number of pyridine rings is 1. The van der Waals surface area contributed by atoms with Gasteiger partial charge >= 0.3 is 0 Å². The summed E-state index contributed by atoms with van der Waals surface area (Å²) in [4.78, 5) is 16.9. The van der Waals surface area contributed by atoms with E-state index < -0.39 is 0 Å². The molecule has 0 bridgehead atoms. The van der Waals surface area contributed by atoms with Gasteiger partial charge in [-0.2, -0.15) is 4.68 Å². The molecule has 4 rings (SSSR count). The third-order valence-corrected chi connectivity index (χ3v) is 5.00. The number of thioether (sulfide) groups is 1. The summed E-state index contributed by atoms with van der Waals surface area (Å²) in [5.74, 6) is 1.14. The maximum atomic E-state index is 12.3. The molecule has 0 aliphatic heterocycles. The number of ether oxygens (including phenoxy) is 1. The number of rotatable bonds is 5. The first-order chi connectivity index (χ1) is 13.2. The minimum Gasteiger partial charge on any atom is -0.494 e. The quantitative estimate of drug-likeness (QED) is 0.491. The number of tetrazole rings is 1. The van der Waals surface area contributed by atoms with Crippen molar-refractivity contribution in [2.45, 2.75) is 17.8 Å². The monoisotopic (exact) mass is 380 g/mol. The highest BCUT2D eigenvalue weighted by molar-refractivity contribution is 7.98. The van der Waals surface area contributed by atoms with Gasteiger partial charge in [-0.25, -0.2) is 4.98 Å². The Morgan fingerprint density at radius 1 is 1.19 bits per heavy atom. The summed E-state index contributed by atoms with van der Waals surface area (Å²) in [6.45, 7) is 1.93. The fraction of sp³-hybridized carbons (Fsp3) is 0.167. The number of fused-ring (bicyclic) bond motifs is 1. The van der Waals surface area contributed by atoms with E-state index in [9.17, 15) is 4.79 Å². The molecule has 8 nitrogen and oxygen atoms in total. The highest BCUT2D eigenvalue weighted by Gasteiger charge is 2.14. The van der Waals surface area contributed by atoms with Crippen LogP contribution in [0.25, 0.3) is 11.3 Å². The van der Waals surface area contributed by atoms with Crippen LogP contribution in [0.1, 0.15) is 11.3 Å². The second-order valence-electron chi connectivity index (χ2n) is 5.80. The first kappa shape index (κ1) is 17.2. The SMILES string of the molecule is COc1ccccc1-n1nnnc1SCc1cc(=O)n2cccc(C)c2n1. The molecule has 0 aliphatic rings. The van der Waals surface area contributed by atoms with Crippen molar-refractivity contribution in [1.29, 1.82) is 0 Å². The zero-order valence-corrected chi connectivity index (χ0v) is 15.6. The molecule has 0 N–H and O–H groups in total. The first-order valence-electron chi connectivity index (χ1n) is 8.20. The number of methoxy groups -OCH3 is 1. The topological polar surface area (TPSA) is 87.2 Å². The summed E-state index contributed by atoms with van der Waals surface area (Å²) < 4.78 is 8.54. The van der Waals surface area contributed by atoms with Crippen LogP contribution < -0.4 is 10.3 Å². The Balaban J connectivity index is 1.64.